The summed E-state index contributed by atoms with van der Waals surface area (Å²) in [5, 5.41) is 3.64. The summed E-state index contributed by atoms with van der Waals surface area (Å²) in [5.41, 5.74) is 2.78. The maximum atomic E-state index is 3.64. The van der Waals surface area contributed by atoms with Gasteiger partial charge in [0, 0.05) is 50.1 Å². The van der Waals surface area contributed by atoms with E-state index in [2.05, 4.69) is 74.2 Å². The number of hydrogen-bond donors (Lipinski definition) is 1. The monoisotopic (exact) mass is 261 g/mol. The summed E-state index contributed by atoms with van der Waals surface area (Å²) in [6.07, 6.45) is 1.18. The first-order valence-electron chi connectivity index (χ1n) is 7.22. The highest BCUT2D eigenvalue weighted by Gasteiger charge is 2.31. The summed E-state index contributed by atoms with van der Waals surface area (Å²) in [5.74, 6) is 0. The Bertz CT molecular complexity index is 409. The zero-order chi connectivity index (χ0) is 14.0. The van der Waals surface area contributed by atoms with E-state index in [1.54, 1.807) is 0 Å². The molecule has 1 fully saturated rings. The molecule has 1 aliphatic rings. The fourth-order valence-corrected chi connectivity index (χ4v) is 2.72. The molecule has 1 aromatic carbocycles. The van der Waals surface area contributed by atoms with Gasteiger partial charge in [0.05, 0.1) is 0 Å². The zero-order valence-corrected chi connectivity index (χ0v) is 12.9. The zero-order valence-electron chi connectivity index (χ0n) is 12.9. The van der Waals surface area contributed by atoms with Crippen LogP contribution in [-0.4, -0.2) is 38.8 Å². The lowest BCUT2D eigenvalue weighted by atomic mass is 9.97. The van der Waals surface area contributed by atoms with Crippen molar-refractivity contribution < 1.29 is 0 Å². The summed E-state index contributed by atoms with van der Waals surface area (Å²) < 4.78 is 0. The van der Waals surface area contributed by atoms with Gasteiger partial charge in [-0.2, -0.15) is 0 Å². The molecular weight excluding hydrogens is 234 g/mol. The van der Waals surface area contributed by atoms with Crippen LogP contribution in [0.15, 0.2) is 24.3 Å². The average molecular weight is 261 g/mol. The molecule has 2 rings (SSSR count). The minimum atomic E-state index is 0.186. The van der Waals surface area contributed by atoms with Gasteiger partial charge in [0.15, 0.2) is 0 Å². The molecule has 3 nitrogen and oxygen atoms in total. The third kappa shape index (κ3) is 3.21. The fraction of sp³-hybridized carbons (Fsp3) is 0.625. The molecule has 1 unspecified atom stereocenters. The van der Waals surface area contributed by atoms with E-state index in [1.165, 1.54) is 17.8 Å². The van der Waals surface area contributed by atoms with Crippen molar-refractivity contribution in [2.75, 3.05) is 37.0 Å². The number of rotatable bonds is 3. The van der Waals surface area contributed by atoms with Gasteiger partial charge in [-0.1, -0.05) is 6.92 Å². The van der Waals surface area contributed by atoms with Crippen LogP contribution >= 0.6 is 0 Å². The Morgan fingerprint density at radius 1 is 1.26 bits per heavy atom. The first-order chi connectivity index (χ1) is 8.93. The van der Waals surface area contributed by atoms with Gasteiger partial charge < -0.3 is 15.1 Å². The number of hydrogen-bond acceptors (Lipinski definition) is 3. The molecule has 0 bridgehead atoms. The maximum absolute atomic E-state index is 3.64. The lowest BCUT2D eigenvalue weighted by Crippen LogP contribution is -2.61. The van der Waals surface area contributed by atoms with Gasteiger partial charge in [-0.3, -0.25) is 0 Å². The van der Waals surface area contributed by atoms with Gasteiger partial charge in [0.1, 0.15) is 0 Å². The lowest BCUT2D eigenvalue weighted by molar-refractivity contribution is 0.306. The Hall–Kier alpha value is -1.22. The molecule has 0 aromatic heterocycles. The smallest absolute Gasteiger partial charge is 0.0412 e. The van der Waals surface area contributed by atoms with Gasteiger partial charge in [-0.25, -0.2) is 0 Å². The van der Waals surface area contributed by atoms with E-state index in [4.69, 9.17) is 0 Å². The van der Waals surface area contributed by atoms with Crippen molar-refractivity contribution in [2.24, 2.45) is 0 Å². The molecule has 1 saturated heterocycles. The summed E-state index contributed by atoms with van der Waals surface area (Å²) in [6, 6.07) is 9.51. The van der Waals surface area contributed by atoms with Crippen LogP contribution in [0.2, 0.25) is 0 Å². The van der Waals surface area contributed by atoms with Gasteiger partial charge in [0.25, 0.3) is 0 Å². The molecule has 1 heterocycles. The van der Waals surface area contributed by atoms with Crippen LogP contribution in [0.5, 0.6) is 0 Å². The maximum Gasteiger partial charge on any atom is 0.0412 e. The Morgan fingerprint density at radius 3 is 2.42 bits per heavy atom. The second-order valence-corrected chi connectivity index (χ2v) is 6.37. The largest absolute Gasteiger partial charge is 0.378 e. The highest BCUT2D eigenvalue weighted by Crippen LogP contribution is 2.26. The van der Waals surface area contributed by atoms with E-state index in [1.807, 2.05) is 0 Å². The van der Waals surface area contributed by atoms with E-state index in [0.717, 1.165) is 13.1 Å². The Balaban J connectivity index is 2.21. The molecule has 3 heteroatoms. The van der Waals surface area contributed by atoms with Crippen molar-refractivity contribution in [1.29, 1.82) is 0 Å². The second kappa shape index (κ2) is 5.41. The van der Waals surface area contributed by atoms with Crippen molar-refractivity contribution in [3.63, 3.8) is 0 Å². The van der Waals surface area contributed by atoms with Crippen molar-refractivity contribution in [3.05, 3.63) is 24.3 Å². The van der Waals surface area contributed by atoms with Crippen LogP contribution in [0.25, 0.3) is 0 Å². The van der Waals surface area contributed by atoms with Gasteiger partial charge in [0.2, 0.25) is 0 Å². The van der Waals surface area contributed by atoms with Crippen LogP contribution in [-0.2, 0) is 0 Å². The molecule has 0 aliphatic carbocycles. The second-order valence-electron chi connectivity index (χ2n) is 6.37. The van der Waals surface area contributed by atoms with Crippen molar-refractivity contribution in [2.45, 2.75) is 38.8 Å². The highest BCUT2D eigenvalue weighted by atomic mass is 15.3. The molecule has 0 radical (unpaired) electrons. The van der Waals surface area contributed by atoms with Crippen LogP contribution < -0.4 is 15.1 Å². The minimum absolute atomic E-state index is 0.186. The molecule has 19 heavy (non-hydrogen) atoms. The summed E-state index contributed by atoms with van der Waals surface area (Å²) in [6.45, 7) is 8.96. The molecule has 0 spiro atoms. The van der Waals surface area contributed by atoms with Crippen LogP contribution in [0.4, 0.5) is 11.4 Å². The third-order valence-corrected chi connectivity index (χ3v) is 3.99. The number of nitrogens with zero attached hydrogens (tertiary/aromatic N) is 2. The standard InChI is InChI=1S/C16H27N3/c1-6-13-11-17-16(2,3)12-19(13)15-9-7-14(8-10-15)18(4)5/h7-10,13,17H,6,11-12H2,1-5H3. The number of anilines is 2. The normalized spacial score (nSPS) is 22.4. The first-order valence-corrected chi connectivity index (χ1v) is 7.22. The van der Waals surface area contributed by atoms with E-state index < -0.39 is 0 Å². The predicted molar refractivity (Wildman–Crippen MR) is 84.3 cm³/mol. The molecule has 1 aromatic rings. The van der Waals surface area contributed by atoms with Crippen LogP contribution in [0, 0.1) is 0 Å². The van der Waals surface area contributed by atoms with E-state index in [9.17, 15) is 0 Å². The minimum Gasteiger partial charge on any atom is -0.378 e. The van der Waals surface area contributed by atoms with Crippen molar-refractivity contribution in [1.82, 2.24) is 5.32 Å². The molecule has 1 aliphatic heterocycles. The van der Waals surface area contributed by atoms with Crippen LogP contribution in [0.1, 0.15) is 27.2 Å². The molecule has 0 saturated carbocycles. The first kappa shape index (κ1) is 14.2. The number of nitrogens with one attached hydrogen (secondary N) is 1. The Morgan fingerprint density at radius 2 is 1.89 bits per heavy atom. The summed E-state index contributed by atoms with van der Waals surface area (Å²) >= 11 is 0. The van der Waals surface area contributed by atoms with E-state index >= 15 is 0 Å². The molecule has 1 N–H and O–H groups in total. The Labute approximate surface area is 117 Å². The van der Waals surface area contributed by atoms with Crippen LogP contribution in [0.3, 0.4) is 0 Å². The van der Waals surface area contributed by atoms with Gasteiger partial charge >= 0.3 is 0 Å². The Kier molecular flexibility index (Phi) is 4.04. The average Bonchev–Trinajstić information content (AvgIpc) is 2.38. The van der Waals surface area contributed by atoms with Gasteiger partial charge in [-0.05, 0) is 44.5 Å². The van der Waals surface area contributed by atoms with E-state index in [0.29, 0.717) is 6.04 Å². The number of piperazine rings is 1. The molecule has 106 valence electrons. The lowest BCUT2D eigenvalue weighted by Gasteiger charge is -2.46. The van der Waals surface area contributed by atoms with E-state index in [-0.39, 0.29) is 5.54 Å². The molecule has 1 atom stereocenters. The summed E-state index contributed by atoms with van der Waals surface area (Å²) in [7, 11) is 4.16. The highest BCUT2D eigenvalue weighted by molar-refractivity contribution is 5.56. The predicted octanol–water partition coefficient (Wildman–Crippen LogP) is 2.72. The fourth-order valence-electron chi connectivity index (χ4n) is 2.72. The topological polar surface area (TPSA) is 18.5 Å². The van der Waals surface area contributed by atoms with Crippen molar-refractivity contribution in [3.8, 4) is 0 Å². The number of benzene rings is 1. The summed E-state index contributed by atoms with van der Waals surface area (Å²) in [4.78, 5) is 4.69. The molecule has 0 amide bonds. The van der Waals surface area contributed by atoms with Gasteiger partial charge in [-0.15, -0.1) is 0 Å². The third-order valence-electron chi connectivity index (χ3n) is 3.99. The van der Waals surface area contributed by atoms with Crippen molar-refractivity contribution >= 4 is 11.4 Å². The molecular formula is C16H27N3. The SMILES string of the molecule is CCC1CNC(C)(C)CN1c1ccc(N(C)C)cc1. The quantitative estimate of drug-likeness (QED) is 0.902.